The van der Waals surface area contributed by atoms with E-state index in [0.29, 0.717) is 17.1 Å². The zero-order chi connectivity index (χ0) is 14.3. The molecule has 0 fully saturated rings. The molecule has 0 aliphatic rings. The normalized spacial score (nSPS) is 13.0. The molecule has 0 aliphatic carbocycles. The lowest BCUT2D eigenvalue weighted by atomic mass is 10.2. The molecule has 0 aliphatic heterocycles. The number of halogens is 3. The van der Waals surface area contributed by atoms with Gasteiger partial charge < -0.3 is 8.98 Å². The van der Waals surface area contributed by atoms with Crippen molar-refractivity contribution in [2.75, 3.05) is 0 Å². The average molecular weight is 297 g/mol. The molecule has 20 heavy (non-hydrogen) atoms. The predicted octanol–water partition coefficient (Wildman–Crippen LogP) is 4.26. The first-order valence-corrected chi connectivity index (χ1v) is 6.60. The fraction of sp³-hybridized carbons (Fsp3) is 0.214. The highest BCUT2D eigenvalue weighted by Gasteiger charge is 2.21. The maximum atomic E-state index is 13.8. The Kier molecular flexibility index (Phi) is 3.22. The van der Waals surface area contributed by atoms with E-state index in [9.17, 15) is 8.78 Å². The molecule has 0 bridgehead atoms. The van der Waals surface area contributed by atoms with Gasteiger partial charge >= 0.3 is 0 Å². The highest BCUT2D eigenvalue weighted by Crippen LogP contribution is 2.29. The minimum Gasteiger partial charge on any atom is -0.467 e. The zero-order valence-corrected chi connectivity index (χ0v) is 11.4. The summed E-state index contributed by atoms with van der Waals surface area (Å²) >= 11 is 5.87. The molecule has 0 saturated heterocycles. The van der Waals surface area contributed by atoms with Gasteiger partial charge in [-0.3, -0.25) is 0 Å². The smallest absolute Gasteiger partial charge is 0.153 e. The molecule has 3 aromatic rings. The summed E-state index contributed by atoms with van der Waals surface area (Å²) < 4.78 is 34.3. The quantitative estimate of drug-likeness (QED) is 0.676. The van der Waals surface area contributed by atoms with E-state index in [4.69, 9.17) is 16.0 Å². The van der Waals surface area contributed by atoms with Crippen LogP contribution in [0.3, 0.4) is 0 Å². The largest absolute Gasteiger partial charge is 0.467 e. The first-order valence-electron chi connectivity index (χ1n) is 6.07. The molecule has 1 atom stereocenters. The Morgan fingerprint density at radius 1 is 1.40 bits per heavy atom. The van der Waals surface area contributed by atoms with Crippen LogP contribution in [0.2, 0.25) is 0 Å². The third-order valence-corrected chi connectivity index (χ3v) is 3.49. The highest BCUT2D eigenvalue weighted by atomic mass is 35.5. The Balaban J connectivity index is 2.27. The van der Waals surface area contributed by atoms with E-state index in [-0.39, 0.29) is 17.4 Å². The molecule has 104 valence electrons. The Bertz CT molecular complexity index is 752. The fourth-order valence-electron chi connectivity index (χ4n) is 2.35. The van der Waals surface area contributed by atoms with Gasteiger partial charge in [-0.15, -0.1) is 11.6 Å². The van der Waals surface area contributed by atoms with Gasteiger partial charge in [0.15, 0.2) is 5.82 Å². The van der Waals surface area contributed by atoms with Gasteiger partial charge in [0, 0.05) is 12.1 Å². The lowest BCUT2D eigenvalue weighted by Crippen LogP contribution is -2.09. The first-order chi connectivity index (χ1) is 9.61. The molecule has 6 heteroatoms. The first kappa shape index (κ1) is 13.1. The highest BCUT2D eigenvalue weighted by molar-refractivity contribution is 6.16. The lowest BCUT2D eigenvalue weighted by molar-refractivity contribution is 0.446. The Morgan fingerprint density at radius 3 is 2.85 bits per heavy atom. The summed E-state index contributed by atoms with van der Waals surface area (Å²) in [6.07, 6.45) is 1.55. The number of hydrogen-bond donors (Lipinski definition) is 0. The topological polar surface area (TPSA) is 31.0 Å². The third-order valence-electron chi connectivity index (χ3n) is 3.25. The van der Waals surface area contributed by atoms with Crippen LogP contribution in [0.25, 0.3) is 11.0 Å². The molecular formula is C14H11ClF2N2O. The standard InChI is InChI=1S/C14H11ClF2N2O/c1-8(12-3-2-4-20-12)19-11-6-9(16)5-10(17)14(11)18-13(19)7-15/h2-6,8H,7H2,1H3. The maximum Gasteiger partial charge on any atom is 0.153 e. The molecule has 2 aromatic heterocycles. The van der Waals surface area contributed by atoms with Crippen LogP contribution in [0.4, 0.5) is 8.78 Å². The van der Waals surface area contributed by atoms with E-state index in [2.05, 4.69) is 4.98 Å². The van der Waals surface area contributed by atoms with Crippen molar-refractivity contribution >= 4 is 22.6 Å². The van der Waals surface area contributed by atoms with E-state index in [0.717, 1.165) is 6.07 Å². The summed E-state index contributed by atoms with van der Waals surface area (Å²) in [5.74, 6) is -0.114. The molecule has 2 heterocycles. The number of hydrogen-bond acceptors (Lipinski definition) is 2. The number of benzene rings is 1. The van der Waals surface area contributed by atoms with Crippen LogP contribution in [0.15, 0.2) is 34.9 Å². The molecule has 1 unspecified atom stereocenters. The molecular weight excluding hydrogens is 286 g/mol. The van der Waals surface area contributed by atoms with Crippen molar-refractivity contribution in [3.8, 4) is 0 Å². The van der Waals surface area contributed by atoms with Crippen molar-refractivity contribution in [2.45, 2.75) is 18.8 Å². The van der Waals surface area contributed by atoms with Gasteiger partial charge in [-0.05, 0) is 19.1 Å². The van der Waals surface area contributed by atoms with Crippen LogP contribution in [0.5, 0.6) is 0 Å². The second-order valence-corrected chi connectivity index (χ2v) is 4.75. The van der Waals surface area contributed by atoms with Crippen molar-refractivity contribution in [3.63, 3.8) is 0 Å². The van der Waals surface area contributed by atoms with E-state index >= 15 is 0 Å². The lowest BCUT2D eigenvalue weighted by Gasteiger charge is -2.14. The number of rotatable bonds is 3. The average Bonchev–Trinajstić information content (AvgIpc) is 3.04. The molecule has 0 amide bonds. The molecule has 0 spiro atoms. The predicted molar refractivity (Wildman–Crippen MR) is 71.7 cm³/mol. The van der Waals surface area contributed by atoms with Gasteiger partial charge in [-0.25, -0.2) is 13.8 Å². The molecule has 1 aromatic carbocycles. The summed E-state index contributed by atoms with van der Waals surface area (Å²) in [7, 11) is 0. The Labute approximate surface area is 118 Å². The molecule has 0 saturated carbocycles. The van der Waals surface area contributed by atoms with E-state index < -0.39 is 11.6 Å². The second kappa shape index (κ2) is 4.90. The van der Waals surface area contributed by atoms with Gasteiger partial charge in [0.25, 0.3) is 0 Å². The number of fused-ring (bicyclic) bond motifs is 1. The van der Waals surface area contributed by atoms with Crippen LogP contribution in [-0.2, 0) is 5.88 Å². The number of alkyl halides is 1. The van der Waals surface area contributed by atoms with Gasteiger partial charge in [-0.1, -0.05) is 0 Å². The van der Waals surface area contributed by atoms with Gasteiger partial charge in [0.05, 0.1) is 23.7 Å². The molecule has 0 radical (unpaired) electrons. The van der Waals surface area contributed by atoms with Gasteiger partial charge in [0.1, 0.15) is 22.9 Å². The monoisotopic (exact) mass is 296 g/mol. The van der Waals surface area contributed by atoms with E-state index in [1.165, 1.54) is 6.07 Å². The van der Waals surface area contributed by atoms with Gasteiger partial charge in [-0.2, -0.15) is 0 Å². The molecule has 0 N–H and O–H groups in total. The number of imidazole rings is 1. The summed E-state index contributed by atoms with van der Waals surface area (Å²) in [5, 5.41) is 0. The minimum absolute atomic E-state index is 0.0980. The summed E-state index contributed by atoms with van der Waals surface area (Å²) in [6.45, 7) is 1.86. The summed E-state index contributed by atoms with van der Waals surface area (Å²) in [6, 6.07) is 5.36. The van der Waals surface area contributed by atoms with Crippen LogP contribution >= 0.6 is 11.6 Å². The molecule has 3 nitrogen and oxygen atoms in total. The van der Waals surface area contributed by atoms with Crippen LogP contribution in [0.1, 0.15) is 24.6 Å². The maximum absolute atomic E-state index is 13.8. The minimum atomic E-state index is -0.697. The van der Waals surface area contributed by atoms with Crippen molar-refractivity contribution < 1.29 is 13.2 Å². The number of furan rings is 1. The van der Waals surface area contributed by atoms with Crippen molar-refractivity contribution in [1.29, 1.82) is 0 Å². The SMILES string of the molecule is CC(c1ccco1)n1c(CCl)nc2c(F)cc(F)cc21. The molecule has 3 rings (SSSR count). The number of aromatic nitrogens is 2. The Hall–Kier alpha value is -1.88. The third kappa shape index (κ3) is 1.98. The van der Waals surface area contributed by atoms with Crippen LogP contribution in [0, 0.1) is 11.6 Å². The van der Waals surface area contributed by atoms with Crippen LogP contribution < -0.4 is 0 Å². The van der Waals surface area contributed by atoms with Crippen LogP contribution in [-0.4, -0.2) is 9.55 Å². The second-order valence-electron chi connectivity index (χ2n) is 4.48. The van der Waals surface area contributed by atoms with Crippen molar-refractivity contribution in [3.05, 3.63) is 53.7 Å². The van der Waals surface area contributed by atoms with Gasteiger partial charge in [0.2, 0.25) is 0 Å². The van der Waals surface area contributed by atoms with E-state index in [1.54, 1.807) is 23.0 Å². The summed E-state index contributed by atoms with van der Waals surface area (Å²) in [4.78, 5) is 4.15. The summed E-state index contributed by atoms with van der Waals surface area (Å²) in [5.41, 5.74) is 0.475. The Morgan fingerprint density at radius 2 is 2.20 bits per heavy atom. The van der Waals surface area contributed by atoms with Crippen molar-refractivity contribution in [2.24, 2.45) is 0 Å². The van der Waals surface area contributed by atoms with Crippen molar-refractivity contribution in [1.82, 2.24) is 9.55 Å². The fourth-order valence-corrected chi connectivity index (χ4v) is 2.54. The van der Waals surface area contributed by atoms with E-state index in [1.807, 2.05) is 6.92 Å². The number of nitrogens with zero attached hydrogens (tertiary/aromatic N) is 2. The zero-order valence-electron chi connectivity index (χ0n) is 10.6.